The summed E-state index contributed by atoms with van der Waals surface area (Å²) in [5.74, 6) is -0.515. The minimum atomic E-state index is -1.01. The van der Waals surface area contributed by atoms with E-state index in [2.05, 4.69) is 15.9 Å². The van der Waals surface area contributed by atoms with Crippen molar-refractivity contribution in [1.29, 1.82) is 0 Å². The number of benzene rings is 2. The molecule has 0 radical (unpaired) electrons. The van der Waals surface area contributed by atoms with Crippen molar-refractivity contribution in [2.75, 3.05) is 0 Å². The first-order chi connectivity index (χ1) is 10.6. The molecule has 0 heterocycles. The lowest BCUT2D eigenvalue weighted by Gasteiger charge is -2.15. The first-order valence-electron chi connectivity index (χ1n) is 6.92. The summed E-state index contributed by atoms with van der Waals surface area (Å²) in [6, 6.07) is 16.7. The van der Waals surface area contributed by atoms with Gasteiger partial charge in [0.1, 0.15) is 12.7 Å². The van der Waals surface area contributed by atoms with E-state index < -0.39 is 12.1 Å². The zero-order valence-corrected chi connectivity index (χ0v) is 13.8. The van der Waals surface area contributed by atoms with Crippen LogP contribution in [0.15, 0.2) is 70.7 Å². The highest BCUT2D eigenvalue weighted by Crippen LogP contribution is 2.25. The SMILES string of the molecule is C/C=C(/C(=O)OCc1ccccc1)[C@H](O)c1cccc(Br)c1. The number of hydrogen-bond donors (Lipinski definition) is 1. The number of aliphatic hydroxyl groups excluding tert-OH is 1. The topological polar surface area (TPSA) is 46.5 Å². The van der Waals surface area contributed by atoms with Crippen molar-refractivity contribution < 1.29 is 14.6 Å². The summed E-state index contributed by atoms with van der Waals surface area (Å²) in [7, 11) is 0. The molecule has 114 valence electrons. The van der Waals surface area contributed by atoms with Crippen LogP contribution < -0.4 is 0 Å². The van der Waals surface area contributed by atoms with Gasteiger partial charge in [0.25, 0.3) is 0 Å². The second-order valence-corrected chi connectivity index (χ2v) is 5.68. The molecule has 0 aliphatic carbocycles. The van der Waals surface area contributed by atoms with Crippen molar-refractivity contribution in [3.8, 4) is 0 Å². The van der Waals surface area contributed by atoms with Gasteiger partial charge < -0.3 is 9.84 Å². The van der Waals surface area contributed by atoms with Crippen molar-refractivity contribution in [3.05, 3.63) is 81.8 Å². The molecule has 0 saturated heterocycles. The molecule has 0 bridgehead atoms. The summed E-state index contributed by atoms with van der Waals surface area (Å²) in [6.07, 6.45) is 0.574. The van der Waals surface area contributed by atoms with Gasteiger partial charge in [0, 0.05) is 4.47 Å². The fraction of sp³-hybridized carbons (Fsp3) is 0.167. The van der Waals surface area contributed by atoms with Crippen molar-refractivity contribution in [3.63, 3.8) is 0 Å². The number of esters is 1. The fourth-order valence-electron chi connectivity index (χ4n) is 2.05. The molecule has 0 saturated carbocycles. The molecule has 0 amide bonds. The van der Waals surface area contributed by atoms with Crippen molar-refractivity contribution in [1.82, 2.24) is 0 Å². The lowest BCUT2D eigenvalue weighted by Crippen LogP contribution is -2.14. The molecular formula is C18H17BrO3. The number of halogens is 1. The van der Waals surface area contributed by atoms with Crippen LogP contribution in [0.4, 0.5) is 0 Å². The zero-order chi connectivity index (χ0) is 15.9. The van der Waals surface area contributed by atoms with E-state index in [4.69, 9.17) is 4.74 Å². The van der Waals surface area contributed by atoms with E-state index in [0.717, 1.165) is 10.0 Å². The Morgan fingerprint density at radius 2 is 1.95 bits per heavy atom. The van der Waals surface area contributed by atoms with Crippen LogP contribution in [0.3, 0.4) is 0 Å². The Labute approximate surface area is 138 Å². The van der Waals surface area contributed by atoms with Crippen LogP contribution >= 0.6 is 15.9 Å². The fourth-order valence-corrected chi connectivity index (χ4v) is 2.47. The van der Waals surface area contributed by atoms with E-state index in [1.165, 1.54) is 0 Å². The molecule has 0 aliphatic heterocycles. The second-order valence-electron chi connectivity index (χ2n) is 4.76. The molecule has 4 heteroatoms. The van der Waals surface area contributed by atoms with Crippen LogP contribution in [0.2, 0.25) is 0 Å². The van der Waals surface area contributed by atoms with E-state index in [-0.39, 0.29) is 12.2 Å². The Morgan fingerprint density at radius 1 is 1.23 bits per heavy atom. The predicted molar refractivity (Wildman–Crippen MR) is 89.1 cm³/mol. The highest BCUT2D eigenvalue weighted by molar-refractivity contribution is 9.10. The van der Waals surface area contributed by atoms with E-state index in [1.54, 1.807) is 25.1 Å². The van der Waals surface area contributed by atoms with Gasteiger partial charge >= 0.3 is 5.97 Å². The summed E-state index contributed by atoms with van der Waals surface area (Å²) < 4.78 is 6.12. The number of allylic oxidation sites excluding steroid dienone is 1. The molecule has 1 N–H and O–H groups in total. The van der Waals surface area contributed by atoms with Crippen molar-refractivity contribution in [2.45, 2.75) is 19.6 Å². The molecule has 0 aromatic heterocycles. The van der Waals surface area contributed by atoms with Crippen molar-refractivity contribution >= 4 is 21.9 Å². The van der Waals surface area contributed by atoms with Gasteiger partial charge in [-0.1, -0.05) is 64.5 Å². The summed E-state index contributed by atoms with van der Waals surface area (Å²) in [5.41, 5.74) is 1.77. The third kappa shape index (κ3) is 4.29. The Morgan fingerprint density at radius 3 is 2.59 bits per heavy atom. The van der Waals surface area contributed by atoms with E-state index in [0.29, 0.717) is 5.56 Å². The maximum Gasteiger partial charge on any atom is 0.337 e. The molecule has 3 nitrogen and oxygen atoms in total. The van der Waals surface area contributed by atoms with Gasteiger partial charge in [-0.25, -0.2) is 4.79 Å². The third-order valence-electron chi connectivity index (χ3n) is 3.22. The number of ether oxygens (including phenoxy) is 1. The highest BCUT2D eigenvalue weighted by atomic mass is 79.9. The molecule has 0 unspecified atom stereocenters. The summed E-state index contributed by atoms with van der Waals surface area (Å²) in [6.45, 7) is 1.89. The van der Waals surface area contributed by atoms with E-state index in [1.807, 2.05) is 42.5 Å². The summed E-state index contributed by atoms with van der Waals surface area (Å²) in [4.78, 5) is 12.2. The van der Waals surface area contributed by atoms with Gasteiger partial charge in [-0.3, -0.25) is 0 Å². The maximum absolute atomic E-state index is 12.2. The lowest BCUT2D eigenvalue weighted by molar-refractivity contribution is -0.141. The van der Waals surface area contributed by atoms with Gasteiger partial charge in [0.2, 0.25) is 0 Å². The van der Waals surface area contributed by atoms with Crippen LogP contribution in [0.5, 0.6) is 0 Å². The third-order valence-corrected chi connectivity index (χ3v) is 3.71. The summed E-state index contributed by atoms with van der Waals surface area (Å²) in [5, 5.41) is 10.4. The quantitative estimate of drug-likeness (QED) is 0.642. The minimum absolute atomic E-state index is 0.183. The van der Waals surface area contributed by atoms with Gasteiger partial charge in [0.05, 0.1) is 5.57 Å². The smallest absolute Gasteiger partial charge is 0.337 e. The Bertz CT molecular complexity index is 665. The average molecular weight is 361 g/mol. The number of rotatable bonds is 5. The Balaban J connectivity index is 2.06. The Hall–Kier alpha value is -1.91. The molecular weight excluding hydrogens is 344 g/mol. The molecule has 22 heavy (non-hydrogen) atoms. The maximum atomic E-state index is 12.2. The molecule has 0 aliphatic rings. The van der Waals surface area contributed by atoms with Crippen LogP contribution in [0, 0.1) is 0 Å². The lowest BCUT2D eigenvalue weighted by atomic mass is 10.0. The average Bonchev–Trinajstić information content (AvgIpc) is 2.54. The van der Waals surface area contributed by atoms with Crippen molar-refractivity contribution in [2.24, 2.45) is 0 Å². The monoisotopic (exact) mass is 360 g/mol. The molecule has 0 spiro atoms. The zero-order valence-electron chi connectivity index (χ0n) is 12.2. The first kappa shape index (κ1) is 16.5. The van der Waals surface area contributed by atoms with Crippen LogP contribution in [-0.4, -0.2) is 11.1 Å². The van der Waals surface area contributed by atoms with Gasteiger partial charge in [-0.05, 0) is 30.2 Å². The number of hydrogen-bond acceptors (Lipinski definition) is 3. The minimum Gasteiger partial charge on any atom is -0.457 e. The van der Waals surface area contributed by atoms with Gasteiger partial charge in [-0.15, -0.1) is 0 Å². The van der Waals surface area contributed by atoms with E-state index in [9.17, 15) is 9.90 Å². The molecule has 2 aromatic carbocycles. The number of carbonyl (C=O) groups excluding carboxylic acids is 1. The Kier molecular flexibility index (Phi) is 5.92. The van der Waals surface area contributed by atoms with Gasteiger partial charge in [0.15, 0.2) is 0 Å². The predicted octanol–water partition coefficient (Wildman–Crippen LogP) is 4.17. The molecule has 2 aromatic rings. The highest BCUT2D eigenvalue weighted by Gasteiger charge is 2.21. The number of aliphatic hydroxyl groups is 1. The standard InChI is InChI=1S/C18H17BrO3/c1-2-16(17(20)14-9-6-10-15(19)11-14)18(21)22-12-13-7-4-3-5-8-13/h2-11,17,20H,12H2,1H3/b16-2+/t17-/m1/s1. The van der Waals surface area contributed by atoms with E-state index >= 15 is 0 Å². The first-order valence-corrected chi connectivity index (χ1v) is 7.72. The van der Waals surface area contributed by atoms with Crippen LogP contribution in [0.1, 0.15) is 24.2 Å². The van der Waals surface area contributed by atoms with Crippen LogP contribution in [-0.2, 0) is 16.1 Å². The molecule has 2 rings (SSSR count). The second kappa shape index (κ2) is 7.92. The van der Waals surface area contributed by atoms with Crippen LogP contribution in [0.25, 0.3) is 0 Å². The molecule has 1 atom stereocenters. The largest absolute Gasteiger partial charge is 0.457 e. The summed E-state index contributed by atoms with van der Waals surface area (Å²) >= 11 is 3.35. The molecule has 0 fully saturated rings. The number of carbonyl (C=O) groups is 1. The van der Waals surface area contributed by atoms with Gasteiger partial charge in [-0.2, -0.15) is 0 Å². The normalized spacial score (nSPS) is 12.8.